The maximum atomic E-state index is 3.64. The molecule has 108 valence electrons. The minimum absolute atomic E-state index is 0.546. The molecular formula is C14H32N4. The van der Waals surface area contributed by atoms with Crippen LogP contribution in [0.25, 0.3) is 0 Å². The Kier molecular flexibility index (Phi) is 7.82. The second-order valence-corrected chi connectivity index (χ2v) is 5.92. The van der Waals surface area contributed by atoms with Gasteiger partial charge in [-0.15, -0.1) is 0 Å². The normalized spacial score (nSPS) is 38.0. The molecule has 0 amide bonds. The minimum atomic E-state index is 0.546. The largest absolute Gasteiger partial charge is 0.315 e. The summed E-state index contributed by atoms with van der Waals surface area (Å²) in [5.74, 6) is 0. The molecule has 1 fully saturated rings. The molecule has 18 heavy (non-hydrogen) atoms. The third-order valence-electron chi connectivity index (χ3n) is 3.55. The van der Waals surface area contributed by atoms with E-state index in [-0.39, 0.29) is 0 Å². The first-order chi connectivity index (χ1) is 8.58. The van der Waals surface area contributed by atoms with Gasteiger partial charge in [0.15, 0.2) is 0 Å². The Morgan fingerprint density at radius 2 is 1.00 bits per heavy atom. The van der Waals surface area contributed by atoms with Crippen molar-refractivity contribution in [3.05, 3.63) is 0 Å². The molecule has 0 aromatic rings. The average molecular weight is 256 g/mol. The van der Waals surface area contributed by atoms with E-state index in [9.17, 15) is 0 Å². The third-order valence-corrected chi connectivity index (χ3v) is 3.55. The Morgan fingerprint density at radius 1 is 0.611 bits per heavy atom. The monoisotopic (exact) mass is 256 g/mol. The van der Waals surface area contributed by atoms with Gasteiger partial charge in [-0.3, -0.25) is 0 Å². The number of hydrogen-bond donors (Lipinski definition) is 4. The molecule has 1 aliphatic heterocycles. The van der Waals surface area contributed by atoms with Crippen molar-refractivity contribution in [2.45, 2.75) is 64.7 Å². The highest BCUT2D eigenvalue weighted by molar-refractivity contribution is 4.75. The number of rotatable bonds is 0. The van der Waals surface area contributed by atoms with E-state index in [4.69, 9.17) is 0 Å². The van der Waals surface area contributed by atoms with Crippen LogP contribution in [0.1, 0.15) is 40.5 Å². The van der Waals surface area contributed by atoms with Crippen LogP contribution in [-0.4, -0.2) is 50.3 Å². The maximum absolute atomic E-state index is 3.64. The van der Waals surface area contributed by atoms with E-state index in [1.54, 1.807) is 0 Å². The predicted molar refractivity (Wildman–Crippen MR) is 79.1 cm³/mol. The van der Waals surface area contributed by atoms with Crippen LogP contribution in [-0.2, 0) is 0 Å². The lowest BCUT2D eigenvalue weighted by atomic mass is 10.1. The molecule has 4 N–H and O–H groups in total. The van der Waals surface area contributed by atoms with Gasteiger partial charge in [0.1, 0.15) is 0 Å². The lowest BCUT2D eigenvalue weighted by Crippen LogP contribution is -2.46. The molecule has 4 atom stereocenters. The second kappa shape index (κ2) is 8.86. The third kappa shape index (κ3) is 7.31. The Hall–Kier alpha value is -0.160. The molecule has 1 aliphatic rings. The van der Waals surface area contributed by atoms with Crippen LogP contribution in [0.2, 0.25) is 0 Å². The average Bonchev–Trinajstić information content (AvgIpc) is 2.29. The van der Waals surface area contributed by atoms with Gasteiger partial charge in [0.05, 0.1) is 0 Å². The van der Waals surface area contributed by atoms with Crippen molar-refractivity contribution >= 4 is 0 Å². The first kappa shape index (κ1) is 15.9. The highest BCUT2D eigenvalue weighted by Crippen LogP contribution is 1.96. The molecule has 4 nitrogen and oxygen atoms in total. The van der Waals surface area contributed by atoms with Gasteiger partial charge >= 0.3 is 0 Å². The summed E-state index contributed by atoms with van der Waals surface area (Å²) in [7, 11) is 0. The van der Waals surface area contributed by atoms with Gasteiger partial charge in [0.2, 0.25) is 0 Å². The molecule has 1 heterocycles. The summed E-state index contributed by atoms with van der Waals surface area (Å²) in [5.41, 5.74) is 0. The van der Waals surface area contributed by atoms with Crippen molar-refractivity contribution < 1.29 is 0 Å². The summed E-state index contributed by atoms with van der Waals surface area (Å²) < 4.78 is 0. The molecule has 1 rings (SSSR count). The molecule has 1 saturated heterocycles. The van der Waals surface area contributed by atoms with Gasteiger partial charge in [-0.25, -0.2) is 0 Å². The summed E-state index contributed by atoms with van der Waals surface area (Å²) in [5, 5.41) is 14.3. The van der Waals surface area contributed by atoms with E-state index in [1.807, 2.05) is 0 Å². The molecule has 0 radical (unpaired) electrons. The first-order valence-electron chi connectivity index (χ1n) is 7.51. The highest BCUT2D eigenvalue weighted by Gasteiger charge is 2.10. The molecule has 0 aliphatic carbocycles. The standard InChI is InChI=1S/C14H32N4/c1-11-5-7-15-10-14(4)18-12(2)6-8-16-9-13(3)17-11/h11-18H,5-10H2,1-4H3/t11-,12+,13-,14+. The topological polar surface area (TPSA) is 48.1 Å². The predicted octanol–water partition coefficient (Wildman–Crippen LogP) is 0.693. The van der Waals surface area contributed by atoms with E-state index in [1.165, 1.54) is 12.8 Å². The summed E-state index contributed by atoms with van der Waals surface area (Å²) in [6.07, 6.45) is 2.37. The van der Waals surface area contributed by atoms with Gasteiger partial charge in [0, 0.05) is 37.3 Å². The van der Waals surface area contributed by atoms with Crippen molar-refractivity contribution in [1.29, 1.82) is 0 Å². The fourth-order valence-corrected chi connectivity index (χ4v) is 2.53. The molecular weight excluding hydrogens is 224 g/mol. The van der Waals surface area contributed by atoms with Crippen LogP contribution in [0.5, 0.6) is 0 Å². The second-order valence-electron chi connectivity index (χ2n) is 5.92. The maximum Gasteiger partial charge on any atom is 0.0166 e. The summed E-state index contributed by atoms with van der Waals surface area (Å²) in [4.78, 5) is 0. The minimum Gasteiger partial charge on any atom is -0.315 e. The molecule has 0 aromatic carbocycles. The van der Waals surface area contributed by atoms with Crippen molar-refractivity contribution in [2.75, 3.05) is 26.2 Å². The zero-order chi connectivity index (χ0) is 13.4. The van der Waals surface area contributed by atoms with Crippen molar-refractivity contribution in [1.82, 2.24) is 21.3 Å². The fourth-order valence-electron chi connectivity index (χ4n) is 2.53. The number of hydrogen-bond acceptors (Lipinski definition) is 4. The zero-order valence-electron chi connectivity index (χ0n) is 12.6. The van der Waals surface area contributed by atoms with Gasteiger partial charge in [-0.1, -0.05) is 0 Å². The van der Waals surface area contributed by atoms with Crippen molar-refractivity contribution in [3.63, 3.8) is 0 Å². The molecule has 0 bridgehead atoms. The summed E-state index contributed by atoms with van der Waals surface area (Å²) in [6, 6.07) is 2.26. The van der Waals surface area contributed by atoms with Crippen LogP contribution >= 0.6 is 0 Å². The van der Waals surface area contributed by atoms with E-state index in [2.05, 4.69) is 49.0 Å². The molecule has 0 saturated carbocycles. The fraction of sp³-hybridized carbons (Fsp3) is 1.00. The zero-order valence-corrected chi connectivity index (χ0v) is 12.6. The molecule has 0 spiro atoms. The molecule has 4 heteroatoms. The van der Waals surface area contributed by atoms with E-state index in [0.29, 0.717) is 24.2 Å². The Morgan fingerprint density at radius 3 is 1.39 bits per heavy atom. The van der Waals surface area contributed by atoms with Gasteiger partial charge in [-0.05, 0) is 53.6 Å². The van der Waals surface area contributed by atoms with Gasteiger partial charge < -0.3 is 21.3 Å². The molecule has 0 aromatic heterocycles. The smallest absolute Gasteiger partial charge is 0.0166 e. The quantitative estimate of drug-likeness (QED) is 0.515. The van der Waals surface area contributed by atoms with Crippen molar-refractivity contribution in [2.24, 2.45) is 0 Å². The lowest BCUT2D eigenvalue weighted by molar-refractivity contribution is 0.380. The Balaban J connectivity index is 2.36. The number of nitrogens with one attached hydrogen (secondary N) is 4. The summed E-state index contributed by atoms with van der Waals surface area (Å²) in [6.45, 7) is 13.4. The van der Waals surface area contributed by atoms with Crippen LogP contribution in [0, 0.1) is 0 Å². The van der Waals surface area contributed by atoms with Crippen LogP contribution < -0.4 is 21.3 Å². The van der Waals surface area contributed by atoms with Crippen LogP contribution in [0.4, 0.5) is 0 Å². The SMILES string of the molecule is C[C@@H]1CCNC[C@H](C)N[C@@H](C)CCNC[C@@H](C)N1. The van der Waals surface area contributed by atoms with Crippen LogP contribution in [0.15, 0.2) is 0 Å². The molecule has 0 unspecified atom stereocenters. The first-order valence-corrected chi connectivity index (χ1v) is 7.51. The Bertz CT molecular complexity index is 168. The van der Waals surface area contributed by atoms with Gasteiger partial charge in [-0.2, -0.15) is 0 Å². The Labute approximate surface area is 113 Å². The van der Waals surface area contributed by atoms with Gasteiger partial charge in [0.25, 0.3) is 0 Å². The van der Waals surface area contributed by atoms with Crippen LogP contribution in [0.3, 0.4) is 0 Å². The van der Waals surface area contributed by atoms with E-state index < -0.39 is 0 Å². The lowest BCUT2D eigenvalue weighted by Gasteiger charge is -2.24. The summed E-state index contributed by atoms with van der Waals surface area (Å²) >= 11 is 0. The highest BCUT2D eigenvalue weighted by atomic mass is 15.0. The van der Waals surface area contributed by atoms with E-state index >= 15 is 0 Å². The van der Waals surface area contributed by atoms with Crippen molar-refractivity contribution in [3.8, 4) is 0 Å². The van der Waals surface area contributed by atoms with E-state index in [0.717, 1.165) is 26.2 Å².